The van der Waals surface area contributed by atoms with Crippen molar-refractivity contribution < 1.29 is 19.4 Å². The first-order chi connectivity index (χ1) is 18.9. The van der Waals surface area contributed by atoms with E-state index in [-0.39, 0.29) is 43.4 Å². The number of ether oxygens (including phenoxy) is 1. The number of carbonyl (C=O) groups excluding carboxylic acids is 1. The maximum absolute atomic E-state index is 13.6. The number of ketones is 1. The SMILES string of the molecule is CC.CCN/C=C(\N)CC[C@@H](c1cc(CN2C[C@@H](C)Oc3ccccc3S2(=O)=O)c(C)s1)C(C)(C)C(=O)C1=C[CH]1.N.[HH]. The predicted molar refractivity (Wildman–Crippen MR) is 171 cm³/mol. The number of thiophene rings is 1. The molecule has 41 heavy (non-hydrogen) atoms. The lowest BCUT2D eigenvalue weighted by Crippen LogP contribution is -2.35. The Hall–Kier alpha value is -2.66. The Kier molecular flexibility index (Phi) is 12.2. The lowest BCUT2D eigenvalue weighted by molar-refractivity contribution is -0.123. The summed E-state index contributed by atoms with van der Waals surface area (Å²) in [5.41, 5.74) is 8.07. The molecule has 2 aromatic rings. The zero-order valence-electron chi connectivity index (χ0n) is 25.5. The van der Waals surface area contributed by atoms with Crippen molar-refractivity contribution >= 4 is 27.1 Å². The topological polar surface area (TPSA) is 137 Å². The number of fused-ring (bicyclic) bond motifs is 1. The molecule has 1 aliphatic heterocycles. The van der Waals surface area contributed by atoms with Gasteiger partial charge in [-0.3, -0.25) is 4.79 Å². The number of para-hydroxylation sites is 1. The molecule has 1 radical (unpaired) electrons. The van der Waals surface area contributed by atoms with Gasteiger partial charge in [-0.2, -0.15) is 4.31 Å². The van der Waals surface area contributed by atoms with E-state index in [2.05, 4.69) is 11.4 Å². The number of carbonyl (C=O) groups is 1. The number of hydrogen-bond acceptors (Lipinski definition) is 8. The minimum atomic E-state index is -3.74. The van der Waals surface area contributed by atoms with Gasteiger partial charge in [0, 0.05) is 59.5 Å². The Morgan fingerprint density at radius 3 is 2.61 bits per heavy atom. The number of allylic oxidation sites excluding steroid dienone is 3. The van der Waals surface area contributed by atoms with E-state index >= 15 is 0 Å². The van der Waals surface area contributed by atoms with Crippen molar-refractivity contribution in [3.8, 4) is 5.75 Å². The van der Waals surface area contributed by atoms with Crippen LogP contribution in [0, 0.1) is 18.8 Å². The van der Waals surface area contributed by atoms with Crippen LogP contribution in [0.2, 0.25) is 0 Å². The van der Waals surface area contributed by atoms with E-state index in [1.807, 2.05) is 67.2 Å². The molecule has 4 rings (SSSR count). The molecule has 0 unspecified atom stereocenters. The van der Waals surface area contributed by atoms with E-state index in [0.29, 0.717) is 18.6 Å². The van der Waals surface area contributed by atoms with Crippen molar-refractivity contribution in [2.75, 3.05) is 13.1 Å². The zero-order chi connectivity index (χ0) is 29.7. The largest absolute Gasteiger partial charge is 0.488 e. The normalized spacial score (nSPS) is 18.8. The second-order valence-corrected chi connectivity index (χ2v) is 13.8. The Morgan fingerprint density at radius 1 is 1.32 bits per heavy atom. The Bertz CT molecular complexity index is 1370. The highest BCUT2D eigenvalue weighted by molar-refractivity contribution is 7.89. The highest BCUT2D eigenvalue weighted by atomic mass is 32.2. The first-order valence-electron chi connectivity index (χ1n) is 14.1. The molecule has 6 N–H and O–H groups in total. The number of benzene rings is 1. The number of sulfonamides is 1. The first-order valence-corrected chi connectivity index (χ1v) is 16.3. The number of hydrogen-bond donors (Lipinski definition) is 3. The maximum Gasteiger partial charge on any atom is 0.247 e. The molecule has 229 valence electrons. The first kappa shape index (κ1) is 34.5. The summed E-state index contributed by atoms with van der Waals surface area (Å²) in [5.74, 6) is 0.446. The van der Waals surface area contributed by atoms with Crippen LogP contribution in [0.25, 0.3) is 0 Å². The van der Waals surface area contributed by atoms with E-state index in [1.165, 1.54) is 4.31 Å². The molecule has 0 bridgehead atoms. The van der Waals surface area contributed by atoms with Crippen LogP contribution in [0.4, 0.5) is 0 Å². The van der Waals surface area contributed by atoms with Crippen LogP contribution in [-0.2, 0) is 21.4 Å². The molecular weight excluding hydrogens is 556 g/mol. The fourth-order valence-electron chi connectivity index (χ4n) is 4.95. The fourth-order valence-corrected chi connectivity index (χ4v) is 7.93. The van der Waals surface area contributed by atoms with Gasteiger partial charge in [-0.15, -0.1) is 11.3 Å². The van der Waals surface area contributed by atoms with Crippen LogP contribution in [0.1, 0.15) is 77.0 Å². The standard InChI is InChI=1S/C29H38N3O4S2.C2H6.H3N.H2/c1-6-31-16-23(30)13-14-24(29(4,5)28(33)21-11-12-21)26-15-22(20(3)37-26)18-32-17-19(2)36-25-9-7-8-10-27(25)38(32,34)35;1-2;;/h7-12,15-16,19,24,31H,6,13-14,17-18,30H2,1-5H3;1-2H3;1H3;1H/b23-16-;;;/t19-,24+;;;/m1.../s1. The van der Waals surface area contributed by atoms with Gasteiger partial charge >= 0.3 is 0 Å². The van der Waals surface area contributed by atoms with Crippen LogP contribution in [0.5, 0.6) is 5.75 Å². The summed E-state index contributed by atoms with van der Waals surface area (Å²) in [7, 11) is -3.74. The van der Waals surface area contributed by atoms with Crippen LogP contribution in [0.15, 0.2) is 58.8 Å². The minimum absolute atomic E-state index is 0. The monoisotopic (exact) mass is 605 g/mol. The molecule has 2 heterocycles. The molecule has 1 aromatic carbocycles. The van der Waals surface area contributed by atoms with Crippen molar-refractivity contribution in [1.82, 2.24) is 15.8 Å². The number of Topliss-reactive ketones (excluding diaryl/α,β-unsaturated/α-hetero) is 1. The Labute approximate surface area is 252 Å². The number of rotatable bonds is 11. The van der Waals surface area contributed by atoms with Crippen molar-refractivity contribution in [1.29, 1.82) is 0 Å². The molecule has 2 atom stereocenters. The van der Waals surface area contributed by atoms with Gasteiger partial charge in [-0.1, -0.05) is 45.9 Å². The third-order valence-corrected chi connectivity index (χ3v) is 10.3. The zero-order valence-corrected chi connectivity index (χ0v) is 27.1. The summed E-state index contributed by atoms with van der Waals surface area (Å²) >= 11 is 1.64. The van der Waals surface area contributed by atoms with E-state index in [1.54, 1.807) is 35.6 Å². The maximum atomic E-state index is 13.6. The number of aryl methyl sites for hydroxylation is 1. The number of nitrogens with one attached hydrogen (secondary N) is 1. The molecule has 0 saturated heterocycles. The third kappa shape index (κ3) is 8.00. The lowest BCUT2D eigenvalue weighted by Gasteiger charge is -2.32. The van der Waals surface area contributed by atoms with Gasteiger partial charge in [0.05, 0.1) is 6.54 Å². The molecule has 0 saturated carbocycles. The average Bonchev–Trinajstić information content (AvgIpc) is 3.71. The molecular formula is C31H49N4O4S2. The van der Waals surface area contributed by atoms with Crippen molar-refractivity contribution in [2.24, 2.45) is 11.1 Å². The highest BCUT2D eigenvalue weighted by Gasteiger charge is 2.42. The predicted octanol–water partition coefficient (Wildman–Crippen LogP) is 6.48. The highest BCUT2D eigenvalue weighted by Crippen LogP contribution is 2.47. The van der Waals surface area contributed by atoms with Crippen molar-refractivity contribution in [2.45, 2.75) is 84.8 Å². The van der Waals surface area contributed by atoms with E-state index < -0.39 is 15.4 Å². The molecule has 0 amide bonds. The molecule has 0 fully saturated rings. The van der Waals surface area contributed by atoms with Crippen LogP contribution >= 0.6 is 11.3 Å². The summed E-state index contributed by atoms with van der Waals surface area (Å²) in [6.07, 6.45) is 6.62. The van der Waals surface area contributed by atoms with Gasteiger partial charge in [0.1, 0.15) is 16.7 Å². The number of nitrogens with two attached hydrogens (primary N) is 1. The van der Waals surface area contributed by atoms with Crippen molar-refractivity contribution in [3.05, 3.63) is 75.6 Å². The van der Waals surface area contributed by atoms with E-state index in [0.717, 1.165) is 33.1 Å². The van der Waals surface area contributed by atoms with Gasteiger partial charge in [0.15, 0.2) is 5.78 Å². The quantitative estimate of drug-likeness (QED) is 0.267. The Balaban J connectivity index is 0.00000216. The summed E-state index contributed by atoms with van der Waals surface area (Å²) in [6, 6.07) is 8.89. The molecule has 0 spiro atoms. The van der Waals surface area contributed by atoms with Crippen LogP contribution < -0.4 is 21.9 Å². The Morgan fingerprint density at radius 2 is 1.98 bits per heavy atom. The van der Waals surface area contributed by atoms with Gasteiger partial charge < -0.3 is 21.9 Å². The molecule has 1 aliphatic carbocycles. The average molecular weight is 606 g/mol. The molecule has 2 aliphatic rings. The smallest absolute Gasteiger partial charge is 0.247 e. The van der Waals surface area contributed by atoms with E-state index in [9.17, 15) is 13.2 Å². The summed E-state index contributed by atoms with van der Waals surface area (Å²) in [6.45, 7) is 15.2. The number of nitrogens with zero attached hydrogens (tertiary/aromatic N) is 1. The summed E-state index contributed by atoms with van der Waals surface area (Å²) in [4.78, 5) is 15.6. The van der Waals surface area contributed by atoms with Gasteiger partial charge in [-0.05, 0) is 57.4 Å². The van der Waals surface area contributed by atoms with Crippen LogP contribution in [0.3, 0.4) is 0 Å². The van der Waals surface area contributed by atoms with Gasteiger partial charge in [0.2, 0.25) is 10.0 Å². The molecule has 10 heteroatoms. The third-order valence-electron chi connectivity index (χ3n) is 7.25. The van der Waals surface area contributed by atoms with Gasteiger partial charge in [0.25, 0.3) is 0 Å². The minimum Gasteiger partial charge on any atom is -0.488 e. The molecule has 1 aromatic heterocycles. The second kappa shape index (κ2) is 14.5. The lowest BCUT2D eigenvalue weighted by atomic mass is 9.71. The second-order valence-electron chi connectivity index (χ2n) is 10.6. The van der Waals surface area contributed by atoms with Crippen molar-refractivity contribution in [3.63, 3.8) is 0 Å². The van der Waals surface area contributed by atoms with E-state index in [4.69, 9.17) is 10.5 Å². The summed E-state index contributed by atoms with van der Waals surface area (Å²) in [5, 5.41) is 3.15. The van der Waals surface area contributed by atoms with Crippen LogP contribution in [-0.4, -0.2) is 37.7 Å². The summed E-state index contributed by atoms with van der Waals surface area (Å²) < 4.78 is 34.6. The fraction of sp³-hybridized carbons (Fsp3) is 0.484. The molecule has 8 nitrogen and oxygen atoms in total. The van der Waals surface area contributed by atoms with Gasteiger partial charge in [-0.25, -0.2) is 8.42 Å².